The van der Waals surface area contributed by atoms with Crippen LogP contribution in [0.2, 0.25) is 0 Å². The van der Waals surface area contributed by atoms with Gasteiger partial charge in [-0.2, -0.15) is 0 Å². The lowest BCUT2D eigenvalue weighted by molar-refractivity contribution is 0.103. The van der Waals surface area contributed by atoms with Crippen molar-refractivity contribution in [1.29, 1.82) is 0 Å². The van der Waals surface area contributed by atoms with E-state index in [4.69, 9.17) is 4.74 Å². The van der Waals surface area contributed by atoms with Crippen molar-refractivity contribution < 1.29 is 9.53 Å². The number of piperidine rings is 1. The monoisotopic (exact) mass is 400 g/mol. The zero-order valence-corrected chi connectivity index (χ0v) is 17.5. The van der Waals surface area contributed by atoms with E-state index in [1.807, 2.05) is 25.1 Å². The number of benzene rings is 2. The summed E-state index contributed by atoms with van der Waals surface area (Å²) in [6.45, 7) is 6.52. The van der Waals surface area contributed by atoms with Crippen LogP contribution >= 0.6 is 0 Å². The SMILES string of the molecule is CCOc1ccc2c(c1)cc1n2C/C(=C/C2CCN(Cc3ccccc3)CC2)C1=O. The summed E-state index contributed by atoms with van der Waals surface area (Å²) in [5.74, 6) is 1.55. The van der Waals surface area contributed by atoms with Crippen LogP contribution in [0.3, 0.4) is 0 Å². The summed E-state index contributed by atoms with van der Waals surface area (Å²) < 4.78 is 7.76. The molecule has 5 rings (SSSR count). The number of aromatic nitrogens is 1. The largest absolute Gasteiger partial charge is 0.494 e. The Labute approximate surface area is 177 Å². The summed E-state index contributed by atoms with van der Waals surface area (Å²) in [5, 5.41) is 1.08. The molecule has 0 amide bonds. The van der Waals surface area contributed by atoms with Crippen LogP contribution < -0.4 is 4.74 Å². The van der Waals surface area contributed by atoms with Crippen LogP contribution in [-0.4, -0.2) is 34.9 Å². The molecule has 0 spiro atoms. The van der Waals surface area contributed by atoms with Crippen LogP contribution in [0, 0.1) is 5.92 Å². The lowest BCUT2D eigenvalue weighted by atomic mass is 9.93. The van der Waals surface area contributed by atoms with Crippen molar-refractivity contribution in [2.75, 3.05) is 19.7 Å². The number of hydrogen-bond acceptors (Lipinski definition) is 3. The molecule has 154 valence electrons. The van der Waals surface area contributed by atoms with E-state index in [1.54, 1.807) is 0 Å². The number of allylic oxidation sites excluding steroid dienone is 2. The minimum Gasteiger partial charge on any atom is -0.494 e. The number of likely N-dealkylation sites (tertiary alicyclic amines) is 1. The molecule has 0 bridgehead atoms. The number of ether oxygens (including phenoxy) is 1. The molecule has 3 aromatic rings. The average Bonchev–Trinajstić information content (AvgIpc) is 3.26. The molecule has 0 aliphatic carbocycles. The first-order chi connectivity index (χ1) is 14.7. The predicted octanol–water partition coefficient (Wildman–Crippen LogP) is 5.07. The van der Waals surface area contributed by atoms with Gasteiger partial charge in [0, 0.05) is 23.0 Å². The highest BCUT2D eigenvalue weighted by molar-refractivity contribution is 6.12. The van der Waals surface area contributed by atoms with Crippen molar-refractivity contribution in [2.45, 2.75) is 32.9 Å². The number of hydrogen-bond donors (Lipinski definition) is 0. The Kier molecular flexibility index (Phi) is 5.17. The lowest BCUT2D eigenvalue weighted by Gasteiger charge is -2.30. The minimum absolute atomic E-state index is 0.191. The second-order valence-electron chi connectivity index (χ2n) is 8.39. The molecule has 0 radical (unpaired) electrons. The summed E-state index contributed by atoms with van der Waals surface area (Å²) in [5.41, 5.74) is 4.26. The van der Waals surface area contributed by atoms with Crippen molar-refractivity contribution in [2.24, 2.45) is 5.92 Å². The van der Waals surface area contributed by atoms with Gasteiger partial charge >= 0.3 is 0 Å². The molecular weight excluding hydrogens is 372 g/mol. The van der Waals surface area contributed by atoms with Crippen LogP contribution in [-0.2, 0) is 13.1 Å². The van der Waals surface area contributed by atoms with Crippen molar-refractivity contribution in [3.8, 4) is 5.75 Å². The first-order valence-electron chi connectivity index (χ1n) is 11.0. The fraction of sp³-hybridized carbons (Fsp3) is 0.346. The van der Waals surface area contributed by atoms with Crippen molar-refractivity contribution in [3.63, 3.8) is 0 Å². The van der Waals surface area contributed by atoms with E-state index in [1.165, 1.54) is 5.56 Å². The van der Waals surface area contributed by atoms with Gasteiger partial charge in [0.1, 0.15) is 5.75 Å². The smallest absolute Gasteiger partial charge is 0.206 e. The summed E-state index contributed by atoms with van der Waals surface area (Å²) in [7, 11) is 0. The Balaban J connectivity index is 1.26. The van der Waals surface area contributed by atoms with Gasteiger partial charge in [0.25, 0.3) is 0 Å². The van der Waals surface area contributed by atoms with Gasteiger partial charge in [-0.3, -0.25) is 9.69 Å². The summed E-state index contributed by atoms with van der Waals surface area (Å²) in [6.07, 6.45) is 4.50. The second kappa shape index (κ2) is 8.11. The highest BCUT2D eigenvalue weighted by Gasteiger charge is 2.28. The number of fused-ring (bicyclic) bond motifs is 3. The quantitative estimate of drug-likeness (QED) is 0.561. The molecule has 4 heteroatoms. The molecule has 4 nitrogen and oxygen atoms in total. The molecule has 1 saturated heterocycles. The molecule has 2 aliphatic heterocycles. The molecule has 2 aliphatic rings. The van der Waals surface area contributed by atoms with Gasteiger partial charge in [0.2, 0.25) is 5.78 Å². The summed E-state index contributed by atoms with van der Waals surface area (Å²) in [4.78, 5) is 15.5. The molecule has 3 heterocycles. The number of rotatable bonds is 5. The first-order valence-corrected chi connectivity index (χ1v) is 11.0. The number of carbonyl (C=O) groups excluding carboxylic acids is 1. The van der Waals surface area contributed by atoms with Gasteiger partial charge < -0.3 is 9.30 Å². The van der Waals surface area contributed by atoms with E-state index >= 15 is 0 Å². The number of nitrogens with zero attached hydrogens (tertiary/aromatic N) is 2. The van der Waals surface area contributed by atoms with E-state index in [-0.39, 0.29) is 5.78 Å². The number of ketones is 1. The van der Waals surface area contributed by atoms with Gasteiger partial charge in [-0.05, 0) is 68.6 Å². The van der Waals surface area contributed by atoms with Gasteiger partial charge in [-0.15, -0.1) is 0 Å². The van der Waals surface area contributed by atoms with E-state index in [0.29, 0.717) is 19.1 Å². The molecule has 1 aromatic heterocycles. The maximum atomic E-state index is 13.0. The highest BCUT2D eigenvalue weighted by Crippen LogP contribution is 2.32. The Morgan fingerprint density at radius 1 is 1.07 bits per heavy atom. The molecule has 0 saturated carbocycles. The van der Waals surface area contributed by atoms with Crippen molar-refractivity contribution >= 4 is 16.7 Å². The predicted molar refractivity (Wildman–Crippen MR) is 120 cm³/mol. The van der Waals surface area contributed by atoms with Gasteiger partial charge in [-0.1, -0.05) is 36.4 Å². The normalized spacial score (nSPS) is 19.0. The Hall–Kier alpha value is -2.85. The minimum atomic E-state index is 0.191. The topological polar surface area (TPSA) is 34.5 Å². The number of carbonyl (C=O) groups is 1. The Morgan fingerprint density at radius 2 is 1.87 bits per heavy atom. The fourth-order valence-corrected chi connectivity index (χ4v) is 4.80. The molecule has 1 fully saturated rings. The molecular formula is C26H28N2O2. The summed E-state index contributed by atoms with van der Waals surface area (Å²) in [6, 6.07) is 18.8. The fourth-order valence-electron chi connectivity index (χ4n) is 4.80. The van der Waals surface area contributed by atoms with E-state index in [9.17, 15) is 4.79 Å². The van der Waals surface area contributed by atoms with Crippen LogP contribution in [0.4, 0.5) is 0 Å². The second-order valence-corrected chi connectivity index (χ2v) is 8.39. The highest BCUT2D eigenvalue weighted by atomic mass is 16.5. The van der Waals surface area contributed by atoms with Gasteiger partial charge in [0.15, 0.2) is 0 Å². The van der Waals surface area contributed by atoms with Crippen molar-refractivity contribution in [3.05, 3.63) is 77.5 Å². The van der Waals surface area contributed by atoms with E-state index in [2.05, 4.69) is 51.9 Å². The van der Waals surface area contributed by atoms with Crippen LogP contribution in [0.1, 0.15) is 35.8 Å². The third-order valence-electron chi connectivity index (χ3n) is 6.35. The average molecular weight is 401 g/mol. The van der Waals surface area contributed by atoms with Crippen LogP contribution in [0.5, 0.6) is 5.75 Å². The molecule has 0 unspecified atom stereocenters. The van der Waals surface area contributed by atoms with Crippen LogP contribution in [0.15, 0.2) is 66.2 Å². The first kappa shape index (κ1) is 19.1. The third-order valence-corrected chi connectivity index (χ3v) is 6.35. The summed E-state index contributed by atoms with van der Waals surface area (Å²) >= 11 is 0. The van der Waals surface area contributed by atoms with Gasteiger partial charge in [0.05, 0.1) is 18.8 Å². The lowest BCUT2D eigenvalue weighted by Crippen LogP contribution is -2.32. The zero-order chi connectivity index (χ0) is 20.5. The van der Waals surface area contributed by atoms with Crippen molar-refractivity contribution in [1.82, 2.24) is 9.47 Å². The molecule has 0 atom stereocenters. The zero-order valence-electron chi connectivity index (χ0n) is 17.5. The molecule has 2 aromatic carbocycles. The molecule has 30 heavy (non-hydrogen) atoms. The maximum Gasteiger partial charge on any atom is 0.206 e. The van der Waals surface area contributed by atoms with Gasteiger partial charge in [-0.25, -0.2) is 0 Å². The number of Topliss-reactive ketones (excluding diaryl/α,β-unsaturated/α-hetero) is 1. The molecule has 0 N–H and O–H groups in total. The Bertz CT molecular complexity index is 1090. The third kappa shape index (κ3) is 3.68. The van der Waals surface area contributed by atoms with E-state index < -0.39 is 0 Å². The maximum absolute atomic E-state index is 13.0. The van der Waals surface area contributed by atoms with E-state index in [0.717, 1.165) is 60.4 Å². The Morgan fingerprint density at radius 3 is 2.63 bits per heavy atom. The standard InChI is InChI=1S/C26H28N2O2/c1-2-30-23-8-9-24-21(15-23)16-25-26(29)22(18-28(24)25)14-19-10-12-27(13-11-19)17-20-6-4-3-5-7-20/h3-9,14-16,19H,2,10-13,17-18H2,1H3/b22-14-. The van der Waals surface area contributed by atoms with Crippen LogP contribution in [0.25, 0.3) is 10.9 Å².